The van der Waals surface area contributed by atoms with Crippen molar-refractivity contribution in [2.24, 2.45) is 0 Å². The molecular weight excluding hydrogens is 653 g/mol. The molecule has 0 bridgehead atoms. The van der Waals surface area contributed by atoms with E-state index in [1.807, 2.05) is 0 Å². The van der Waals surface area contributed by atoms with Crippen molar-refractivity contribution < 1.29 is 0 Å². The molecule has 0 saturated carbocycles. The van der Waals surface area contributed by atoms with Gasteiger partial charge in [0.2, 0.25) is 0 Å². The highest BCUT2D eigenvalue weighted by Gasteiger charge is 2.20. The Bertz CT molecular complexity index is 2930. The quantitative estimate of drug-likeness (QED) is 0.162. The van der Waals surface area contributed by atoms with Crippen molar-refractivity contribution in [3.05, 3.63) is 218 Å². The summed E-state index contributed by atoms with van der Waals surface area (Å²) in [7, 11) is 0. The molecule has 0 fully saturated rings. The second-order valence-electron chi connectivity index (χ2n) is 13.7. The van der Waals surface area contributed by atoms with E-state index in [0.29, 0.717) is 0 Å². The van der Waals surface area contributed by atoms with E-state index >= 15 is 0 Å². The first-order chi connectivity index (χ1) is 26.8. The molecule has 0 saturated heterocycles. The number of fused-ring (bicyclic) bond motifs is 4. The largest absolute Gasteiger partial charge is 0.309 e. The third-order valence-electron chi connectivity index (χ3n) is 10.6. The fourth-order valence-corrected chi connectivity index (χ4v) is 8.15. The molecule has 0 atom stereocenters. The van der Waals surface area contributed by atoms with Crippen LogP contribution in [0.5, 0.6) is 0 Å². The van der Waals surface area contributed by atoms with Gasteiger partial charge in [0, 0.05) is 33.1 Å². The van der Waals surface area contributed by atoms with Crippen molar-refractivity contribution in [2.45, 2.75) is 0 Å². The molecule has 0 aliphatic carbocycles. The zero-order valence-electron chi connectivity index (χ0n) is 29.7. The maximum Gasteiger partial charge on any atom is 0.0547 e. The van der Waals surface area contributed by atoms with Gasteiger partial charge in [-0.25, -0.2) is 0 Å². The van der Waals surface area contributed by atoms with Gasteiger partial charge in [-0.15, -0.1) is 0 Å². The number of benzene rings is 9. The third-order valence-corrected chi connectivity index (χ3v) is 10.6. The Morgan fingerprint density at radius 2 is 0.889 bits per heavy atom. The molecule has 10 aromatic rings. The van der Waals surface area contributed by atoms with Gasteiger partial charge in [0.25, 0.3) is 0 Å². The van der Waals surface area contributed by atoms with E-state index in [0.717, 1.165) is 28.3 Å². The molecule has 54 heavy (non-hydrogen) atoms. The fourth-order valence-electron chi connectivity index (χ4n) is 8.15. The lowest BCUT2D eigenvalue weighted by Gasteiger charge is -2.29. The Labute approximate surface area is 315 Å². The highest BCUT2D eigenvalue weighted by Crippen LogP contribution is 2.45. The molecular formula is C52H36N2. The Morgan fingerprint density at radius 1 is 0.333 bits per heavy atom. The molecule has 1 heterocycles. The summed E-state index contributed by atoms with van der Waals surface area (Å²) in [5.41, 5.74) is 14.1. The van der Waals surface area contributed by atoms with E-state index in [4.69, 9.17) is 0 Å². The van der Waals surface area contributed by atoms with Crippen LogP contribution >= 0.6 is 0 Å². The van der Waals surface area contributed by atoms with Crippen molar-refractivity contribution in [1.29, 1.82) is 0 Å². The van der Waals surface area contributed by atoms with Crippen LogP contribution in [0.2, 0.25) is 0 Å². The van der Waals surface area contributed by atoms with E-state index in [-0.39, 0.29) is 0 Å². The SMILES string of the molecule is c1ccc(-c2ccccc2N(c2cccc(-c3cccc(-c4cccc5c4c4ccccc4n5-c4ccccc4)c3)c2)c2cccc3ccccc23)cc1. The van der Waals surface area contributed by atoms with Gasteiger partial charge >= 0.3 is 0 Å². The molecule has 0 amide bonds. The summed E-state index contributed by atoms with van der Waals surface area (Å²) < 4.78 is 2.39. The fraction of sp³-hybridized carbons (Fsp3) is 0. The monoisotopic (exact) mass is 688 g/mol. The molecule has 2 heteroatoms. The second kappa shape index (κ2) is 13.4. The molecule has 9 aromatic carbocycles. The zero-order chi connectivity index (χ0) is 35.8. The first kappa shape index (κ1) is 31.6. The van der Waals surface area contributed by atoms with Gasteiger partial charge in [-0.3, -0.25) is 0 Å². The van der Waals surface area contributed by atoms with Crippen LogP contribution in [0.4, 0.5) is 17.1 Å². The Morgan fingerprint density at radius 3 is 1.76 bits per heavy atom. The van der Waals surface area contributed by atoms with Crippen LogP contribution in [0.1, 0.15) is 0 Å². The lowest BCUT2D eigenvalue weighted by Crippen LogP contribution is -2.11. The minimum Gasteiger partial charge on any atom is -0.309 e. The highest BCUT2D eigenvalue weighted by molar-refractivity contribution is 6.16. The van der Waals surface area contributed by atoms with Crippen LogP contribution in [-0.4, -0.2) is 4.57 Å². The molecule has 0 radical (unpaired) electrons. The van der Waals surface area contributed by atoms with E-state index in [1.54, 1.807) is 0 Å². The van der Waals surface area contributed by atoms with Gasteiger partial charge in [0.1, 0.15) is 0 Å². The second-order valence-corrected chi connectivity index (χ2v) is 13.7. The van der Waals surface area contributed by atoms with E-state index in [2.05, 4.69) is 228 Å². The van der Waals surface area contributed by atoms with Crippen LogP contribution < -0.4 is 4.90 Å². The van der Waals surface area contributed by atoms with Crippen molar-refractivity contribution in [2.75, 3.05) is 4.90 Å². The number of rotatable bonds is 7. The lowest BCUT2D eigenvalue weighted by atomic mass is 9.95. The standard InChI is InChI=1S/C52H36N2/c1-3-17-37(18-4-1)44-28-9-11-31-48(44)54(49-33-15-20-38-19-7-8-27-45(38)49)43-26-14-22-40(36-43)39-21-13-23-41(35-39)46-30-16-34-51-52(46)47-29-10-12-32-50(47)53(51)42-24-5-2-6-25-42/h1-36H. The van der Waals surface area contributed by atoms with Gasteiger partial charge < -0.3 is 9.47 Å². The molecule has 2 nitrogen and oxygen atoms in total. The van der Waals surface area contributed by atoms with E-state index < -0.39 is 0 Å². The van der Waals surface area contributed by atoms with Crippen LogP contribution in [0.3, 0.4) is 0 Å². The minimum absolute atomic E-state index is 1.10. The summed E-state index contributed by atoms with van der Waals surface area (Å²) in [5, 5.41) is 4.94. The van der Waals surface area contributed by atoms with Gasteiger partial charge in [-0.2, -0.15) is 0 Å². The summed E-state index contributed by atoms with van der Waals surface area (Å²) in [6, 6.07) is 78.8. The summed E-state index contributed by atoms with van der Waals surface area (Å²) >= 11 is 0. The maximum atomic E-state index is 2.43. The van der Waals surface area contributed by atoms with Crippen LogP contribution in [0, 0.1) is 0 Å². The molecule has 1 aromatic heterocycles. The maximum absolute atomic E-state index is 2.43. The number of anilines is 3. The predicted octanol–water partition coefficient (Wildman–Crippen LogP) is 14.4. The number of aromatic nitrogens is 1. The number of hydrogen-bond acceptors (Lipinski definition) is 1. The van der Waals surface area contributed by atoms with Gasteiger partial charge in [-0.1, -0.05) is 164 Å². The van der Waals surface area contributed by atoms with Gasteiger partial charge in [-0.05, 0) is 87.8 Å². The molecule has 0 aliphatic heterocycles. The van der Waals surface area contributed by atoms with Crippen molar-refractivity contribution in [3.63, 3.8) is 0 Å². The molecule has 254 valence electrons. The first-order valence-electron chi connectivity index (χ1n) is 18.5. The highest BCUT2D eigenvalue weighted by atomic mass is 15.1. The van der Waals surface area contributed by atoms with E-state index in [1.165, 1.54) is 60.4 Å². The average Bonchev–Trinajstić information content (AvgIpc) is 3.59. The number of hydrogen-bond donors (Lipinski definition) is 0. The van der Waals surface area contributed by atoms with Gasteiger partial charge in [0.05, 0.1) is 22.4 Å². The summed E-state index contributed by atoms with van der Waals surface area (Å²) in [6.07, 6.45) is 0. The van der Waals surface area contributed by atoms with Crippen LogP contribution in [-0.2, 0) is 0 Å². The van der Waals surface area contributed by atoms with Crippen molar-refractivity contribution in [1.82, 2.24) is 4.57 Å². The average molecular weight is 689 g/mol. The summed E-state index contributed by atoms with van der Waals surface area (Å²) in [5.74, 6) is 0. The minimum atomic E-state index is 1.10. The molecule has 0 spiro atoms. The number of nitrogens with zero attached hydrogens (tertiary/aromatic N) is 2. The summed E-state index contributed by atoms with van der Waals surface area (Å²) in [4.78, 5) is 2.43. The van der Waals surface area contributed by atoms with Crippen LogP contribution in [0.25, 0.3) is 71.6 Å². The normalized spacial score (nSPS) is 11.3. The zero-order valence-corrected chi connectivity index (χ0v) is 29.7. The molecule has 0 aliphatic rings. The molecule has 10 rings (SSSR count). The van der Waals surface area contributed by atoms with Crippen molar-refractivity contribution in [3.8, 4) is 39.1 Å². The smallest absolute Gasteiger partial charge is 0.0547 e. The molecule has 0 unspecified atom stereocenters. The summed E-state index contributed by atoms with van der Waals surface area (Å²) in [6.45, 7) is 0. The van der Waals surface area contributed by atoms with E-state index in [9.17, 15) is 0 Å². The lowest BCUT2D eigenvalue weighted by molar-refractivity contribution is 1.18. The molecule has 0 N–H and O–H groups in total. The van der Waals surface area contributed by atoms with Crippen LogP contribution in [0.15, 0.2) is 218 Å². The predicted molar refractivity (Wildman–Crippen MR) is 229 cm³/mol. The Balaban J connectivity index is 1.14. The third kappa shape index (κ3) is 5.44. The van der Waals surface area contributed by atoms with Gasteiger partial charge in [0.15, 0.2) is 0 Å². The Hall–Kier alpha value is -7.16. The van der Waals surface area contributed by atoms with Crippen molar-refractivity contribution >= 4 is 49.6 Å². The topological polar surface area (TPSA) is 8.17 Å². The number of para-hydroxylation sites is 3. The first-order valence-corrected chi connectivity index (χ1v) is 18.5. The Kier molecular flexibility index (Phi) is 7.85.